The molecule has 35 heavy (non-hydrogen) atoms. The van der Waals surface area contributed by atoms with Crippen LogP contribution in [0.3, 0.4) is 0 Å². The third-order valence-electron chi connectivity index (χ3n) is 5.50. The van der Waals surface area contributed by atoms with E-state index in [1.54, 1.807) is 36.6 Å². The number of thiophene rings is 1. The highest BCUT2D eigenvalue weighted by atomic mass is 32.1. The molecular weight excluding hydrogens is 466 g/mol. The molecule has 0 saturated carbocycles. The molecule has 0 aliphatic heterocycles. The van der Waals surface area contributed by atoms with Gasteiger partial charge in [-0.25, -0.2) is 0 Å². The van der Waals surface area contributed by atoms with Gasteiger partial charge in [0.15, 0.2) is 28.8 Å². The van der Waals surface area contributed by atoms with Crippen molar-refractivity contribution < 1.29 is 28.8 Å². The molecule has 3 aromatic rings. The summed E-state index contributed by atoms with van der Waals surface area (Å²) in [6, 6.07) is 15.0. The summed E-state index contributed by atoms with van der Waals surface area (Å²) in [6.07, 6.45) is -0.706. The van der Waals surface area contributed by atoms with Crippen LogP contribution in [0, 0.1) is 0 Å². The summed E-state index contributed by atoms with van der Waals surface area (Å²) in [5, 5.41) is 12.6. The second-order valence-electron chi connectivity index (χ2n) is 8.07. The summed E-state index contributed by atoms with van der Waals surface area (Å²) in [5.74, 6) is 2.28. The van der Waals surface area contributed by atoms with Crippen molar-refractivity contribution in [3.63, 3.8) is 0 Å². The monoisotopic (exact) mass is 499 g/mol. The van der Waals surface area contributed by atoms with E-state index in [0.29, 0.717) is 48.3 Å². The van der Waals surface area contributed by atoms with Crippen LogP contribution in [0.2, 0.25) is 0 Å². The number of rotatable bonds is 14. The normalized spacial score (nSPS) is 11.8. The Morgan fingerprint density at radius 3 is 2.37 bits per heavy atom. The third-order valence-corrected chi connectivity index (χ3v) is 6.35. The second-order valence-corrected chi connectivity index (χ2v) is 9.10. The summed E-state index contributed by atoms with van der Waals surface area (Å²) >= 11 is 1.66. The number of aliphatic hydroxyl groups is 1. The van der Waals surface area contributed by atoms with E-state index >= 15 is 0 Å². The number of nitrogens with zero attached hydrogens (tertiary/aromatic N) is 1. The predicted molar refractivity (Wildman–Crippen MR) is 137 cm³/mol. The van der Waals surface area contributed by atoms with Crippen LogP contribution in [0.15, 0.2) is 53.9 Å². The summed E-state index contributed by atoms with van der Waals surface area (Å²) < 4.78 is 22.6. The van der Waals surface area contributed by atoms with Gasteiger partial charge in [0.25, 0.3) is 0 Å². The molecule has 1 N–H and O–H groups in total. The number of hydrogen-bond donors (Lipinski definition) is 1. The number of Topliss-reactive ketones (excluding diaryl/α,β-unsaturated/α-hetero) is 1. The minimum absolute atomic E-state index is 0.0489. The van der Waals surface area contributed by atoms with E-state index in [1.165, 1.54) is 14.0 Å². The van der Waals surface area contributed by atoms with Gasteiger partial charge in [-0.05, 0) is 60.8 Å². The zero-order valence-corrected chi connectivity index (χ0v) is 21.5. The second kappa shape index (κ2) is 13.1. The molecule has 0 radical (unpaired) electrons. The number of methoxy groups -OCH3 is 2. The lowest BCUT2D eigenvalue weighted by molar-refractivity contribution is 0.0664. The zero-order chi connectivity index (χ0) is 25.2. The lowest BCUT2D eigenvalue weighted by Gasteiger charge is -2.24. The van der Waals surface area contributed by atoms with Crippen molar-refractivity contribution in [1.29, 1.82) is 0 Å². The molecule has 0 bridgehead atoms. The Balaban J connectivity index is 1.55. The molecule has 0 fully saturated rings. The maximum atomic E-state index is 11.6. The number of carbonyl (C=O) groups excluding carboxylic acids is 1. The quantitative estimate of drug-likeness (QED) is 0.319. The fraction of sp³-hybridized carbons (Fsp3) is 0.370. The molecule has 7 nitrogen and oxygen atoms in total. The number of hydrogen-bond acceptors (Lipinski definition) is 8. The highest BCUT2D eigenvalue weighted by Crippen LogP contribution is 2.30. The van der Waals surface area contributed by atoms with Crippen molar-refractivity contribution in [3.8, 4) is 23.0 Å². The van der Waals surface area contributed by atoms with Gasteiger partial charge in [-0.3, -0.25) is 9.69 Å². The van der Waals surface area contributed by atoms with E-state index in [1.807, 2.05) is 42.6 Å². The Bertz CT molecular complexity index is 1090. The van der Waals surface area contributed by atoms with Gasteiger partial charge < -0.3 is 24.1 Å². The van der Waals surface area contributed by atoms with E-state index in [9.17, 15) is 9.90 Å². The molecule has 188 valence electrons. The van der Waals surface area contributed by atoms with Crippen molar-refractivity contribution >= 4 is 17.1 Å². The Kier molecular flexibility index (Phi) is 9.96. The van der Waals surface area contributed by atoms with Gasteiger partial charge in [-0.2, -0.15) is 0 Å². The molecule has 3 rings (SSSR count). The molecule has 8 heteroatoms. The predicted octanol–water partition coefficient (Wildman–Crippen LogP) is 4.81. The number of aliphatic hydroxyl groups excluding tert-OH is 1. The Labute approximate surface area is 210 Å². The molecule has 0 aliphatic rings. The first-order valence-corrected chi connectivity index (χ1v) is 12.4. The van der Waals surface area contributed by atoms with E-state index in [-0.39, 0.29) is 12.4 Å². The first kappa shape index (κ1) is 26.5. The third kappa shape index (κ3) is 7.71. The highest BCUT2D eigenvalue weighted by molar-refractivity contribution is 7.09. The number of ketones is 1. The van der Waals surface area contributed by atoms with E-state index in [0.717, 1.165) is 17.0 Å². The smallest absolute Gasteiger partial charge is 0.161 e. The van der Waals surface area contributed by atoms with Crippen molar-refractivity contribution in [2.45, 2.75) is 33.1 Å². The fourth-order valence-electron chi connectivity index (χ4n) is 3.58. The lowest BCUT2D eigenvalue weighted by atomic mass is 10.1. The number of ether oxygens (including phenoxy) is 4. The largest absolute Gasteiger partial charge is 0.493 e. The summed E-state index contributed by atoms with van der Waals surface area (Å²) in [7, 11) is 3.15. The van der Waals surface area contributed by atoms with Gasteiger partial charge in [0.1, 0.15) is 19.3 Å². The van der Waals surface area contributed by atoms with Gasteiger partial charge in [0.05, 0.1) is 14.2 Å². The van der Waals surface area contributed by atoms with E-state index in [2.05, 4.69) is 4.90 Å². The summed E-state index contributed by atoms with van der Waals surface area (Å²) in [4.78, 5) is 14.9. The van der Waals surface area contributed by atoms with Crippen LogP contribution >= 0.6 is 11.3 Å². The maximum Gasteiger partial charge on any atom is 0.161 e. The molecule has 1 unspecified atom stereocenters. The first-order valence-electron chi connectivity index (χ1n) is 11.5. The molecule has 0 amide bonds. The molecule has 2 aromatic carbocycles. The fourth-order valence-corrected chi connectivity index (χ4v) is 4.20. The van der Waals surface area contributed by atoms with Crippen molar-refractivity contribution in [3.05, 3.63) is 69.9 Å². The molecule has 1 aromatic heterocycles. The van der Waals surface area contributed by atoms with E-state index < -0.39 is 6.10 Å². The average molecular weight is 500 g/mol. The molecular formula is C27H33NO6S. The SMILES string of the molecule is CCN(Cc1ccc(OCc2cccs2)c(OC)c1)CC(O)COc1ccc(C(C)=O)cc1OC. The number of likely N-dealkylation sites (N-methyl/N-ethyl adjacent to an activating group) is 1. The number of carbonyl (C=O) groups is 1. The highest BCUT2D eigenvalue weighted by Gasteiger charge is 2.15. The zero-order valence-electron chi connectivity index (χ0n) is 20.7. The van der Waals surface area contributed by atoms with Gasteiger partial charge in [0.2, 0.25) is 0 Å². The molecule has 0 aliphatic carbocycles. The minimum Gasteiger partial charge on any atom is -0.493 e. The Morgan fingerprint density at radius 1 is 1.00 bits per heavy atom. The van der Waals surface area contributed by atoms with Gasteiger partial charge in [-0.1, -0.05) is 19.1 Å². The van der Waals surface area contributed by atoms with Crippen LogP contribution in [0.5, 0.6) is 23.0 Å². The minimum atomic E-state index is -0.706. The van der Waals surface area contributed by atoms with Gasteiger partial charge >= 0.3 is 0 Å². The van der Waals surface area contributed by atoms with Crippen molar-refractivity contribution in [2.75, 3.05) is 33.9 Å². The van der Waals surface area contributed by atoms with Crippen molar-refractivity contribution in [1.82, 2.24) is 4.90 Å². The topological polar surface area (TPSA) is 77.5 Å². The van der Waals surface area contributed by atoms with Crippen molar-refractivity contribution in [2.24, 2.45) is 0 Å². The molecule has 1 atom stereocenters. The van der Waals surface area contributed by atoms with E-state index in [4.69, 9.17) is 18.9 Å². The van der Waals surface area contributed by atoms with Crippen LogP contribution < -0.4 is 18.9 Å². The summed E-state index contributed by atoms with van der Waals surface area (Å²) in [5.41, 5.74) is 1.60. The molecule has 0 saturated heterocycles. The van der Waals surface area contributed by atoms with Crippen LogP contribution in [-0.2, 0) is 13.2 Å². The van der Waals surface area contributed by atoms with Gasteiger partial charge in [-0.15, -0.1) is 11.3 Å². The standard InChI is InChI=1S/C27H33NO6S/c1-5-28(16-22(30)17-33-25-11-9-21(19(2)29)14-27(25)32-4)15-20-8-10-24(26(13-20)31-3)34-18-23-7-6-12-35-23/h6-14,22,30H,5,15-18H2,1-4H3. The average Bonchev–Trinajstić information content (AvgIpc) is 3.39. The van der Waals surface area contributed by atoms with Gasteiger partial charge in [0, 0.05) is 23.5 Å². The van der Waals surface area contributed by atoms with Crippen LogP contribution in [-0.4, -0.2) is 55.8 Å². The van der Waals surface area contributed by atoms with Crippen LogP contribution in [0.25, 0.3) is 0 Å². The van der Waals surface area contributed by atoms with Crippen LogP contribution in [0.4, 0.5) is 0 Å². The summed E-state index contributed by atoms with van der Waals surface area (Å²) in [6.45, 7) is 5.99. The number of benzene rings is 2. The maximum absolute atomic E-state index is 11.6. The first-order chi connectivity index (χ1) is 16.9. The Morgan fingerprint density at radius 2 is 1.71 bits per heavy atom. The molecule has 1 heterocycles. The molecule has 0 spiro atoms. The Hall–Kier alpha value is -3.07. The van der Waals surface area contributed by atoms with Crippen LogP contribution in [0.1, 0.15) is 34.6 Å². The lowest BCUT2D eigenvalue weighted by Crippen LogP contribution is -2.35.